The average molecular weight is 456 g/mol. The van der Waals surface area contributed by atoms with Gasteiger partial charge in [0.25, 0.3) is 0 Å². The molecule has 0 aliphatic rings. The zero-order chi connectivity index (χ0) is 23.0. The number of oxime groups is 1. The van der Waals surface area contributed by atoms with Gasteiger partial charge in [0.05, 0.1) is 12.3 Å². The van der Waals surface area contributed by atoms with Gasteiger partial charge in [0.15, 0.2) is 0 Å². The van der Waals surface area contributed by atoms with Gasteiger partial charge in [-0.2, -0.15) is 11.8 Å². The molecule has 0 fully saturated rings. The van der Waals surface area contributed by atoms with Gasteiger partial charge >= 0.3 is 0 Å². The molecule has 0 aliphatic carbocycles. The van der Waals surface area contributed by atoms with E-state index in [0.29, 0.717) is 6.61 Å². The monoisotopic (exact) mass is 455 g/mol. The Labute approximate surface area is 198 Å². The van der Waals surface area contributed by atoms with Crippen LogP contribution < -0.4 is 9.47 Å². The van der Waals surface area contributed by atoms with Crippen LogP contribution in [0, 0.1) is 13.8 Å². The number of benzene rings is 2. The van der Waals surface area contributed by atoms with Crippen molar-refractivity contribution in [2.24, 2.45) is 5.16 Å². The number of hydrogen-bond donors (Lipinski definition) is 0. The van der Waals surface area contributed by atoms with E-state index >= 15 is 0 Å². The van der Waals surface area contributed by atoms with E-state index in [9.17, 15) is 0 Å². The second-order valence-electron chi connectivity index (χ2n) is 7.67. The lowest BCUT2D eigenvalue weighted by atomic mass is 10.1. The van der Waals surface area contributed by atoms with Gasteiger partial charge < -0.3 is 14.3 Å². The fraction of sp³-hybridized carbons (Fsp3) is 0.444. The summed E-state index contributed by atoms with van der Waals surface area (Å²) in [6, 6.07) is 14.3. The maximum absolute atomic E-state index is 6.08. The lowest BCUT2D eigenvalue weighted by molar-refractivity contribution is 0.213. The van der Waals surface area contributed by atoms with Gasteiger partial charge in [-0.05, 0) is 62.6 Å². The van der Waals surface area contributed by atoms with Gasteiger partial charge in [-0.1, -0.05) is 60.5 Å². The van der Waals surface area contributed by atoms with Gasteiger partial charge in [-0.15, -0.1) is 0 Å². The van der Waals surface area contributed by atoms with Crippen molar-refractivity contribution in [2.75, 3.05) is 31.8 Å². The first-order chi connectivity index (χ1) is 15.7. The van der Waals surface area contributed by atoms with Crippen LogP contribution in [0.4, 0.5) is 0 Å². The van der Waals surface area contributed by atoms with E-state index in [1.165, 1.54) is 19.3 Å². The number of rotatable bonds is 15. The molecular formula is C27H37NO3S. The molecule has 0 spiro atoms. The van der Waals surface area contributed by atoms with Crippen LogP contribution in [0.3, 0.4) is 0 Å². The lowest BCUT2D eigenvalue weighted by Gasteiger charge is -2.14. The minimum atomic E-state index is 0.598. The van der Waals surface area contributed by atoms with Gasteiger partial charge in [0.2, 0.25) is 0 Å². The highest BCUT2D eigenvalue weighted by molar-refractivity contribution is 7.99. The Bertz CT molecular complexity index is 826. The third kappa shape index (κ3) is 9.39. The summed E-state index contributed by atoms with van der Waals surface area (Å²) in [6.45, 7) is 7.51. The summed E-state index contributed by atoms with van der Waals surface area (Å²) in [6.07, 6.45) is 8.67. The number of aryl methyl sites for hydroxylation is 2. The lowest BCUT2D eigenvalue weighted by Crippen LogP contribution is -2.05. The molecule has 0 N–H and O–H groups in total. The van der Waals surface area contributed by atoms with Crippen LogP contribution in [0.2, 0.25) is 0 Å². The van der Waals surface area contributed by atoms with Gasteiger partial charge in [0.1, 0.15) is 25.2 Å². The predicted octanol–water partition coefficient (Wildman–Crippen LogP) is 6.98. The molecular weight excluding hydrogens is 418 g/mol. The van der Waals surface area contributed by atoms with E-state index in [2.05, 4.69) is 43.3 Å². The number of nitrogens with zero attached hydrogens (tertiary/aromatic N) is 1. The van der Waals surface area contributed by atoms with Gasteiger partial charge in [0, 0.05) is 11.3 Å². The normalized spacial score (nSPS) is 11.7. The van der Waals surface area contributed by atoms with Crippen LogP contribution in [-0.2, 0) is 4.84 Å². The molecule has 0 heterocycles. The summed E-state index contributed by atoms with van der Waals surface area (Å²) >= 11 is 1.91. The molecule has 174 valence electrons. The maximum Gasteiger partial charge on any atom is 0.125 e. The minimum Gasteiger partial charge on any atom is -0.493 e. The van der Waals surface area contributed by atoms with Crippen molar-refractivity contribution in [2.45, 2.75) is 46.5 Å². The van der Waals surface area contributed by atoms with E-state index < -0.39 is 0 Å². The summed E-state index contributed by atoms with van der Waals surface area (Å²) in [4.78, 5) is 5.01. The number of thioether (sulfide) groups is 1. The van der Waals surface area contributed by atoms with Crippen LogP contribution in [0.1, 0.15) is 49.3 Å². The Kier molecular flexibility index (Phi) is 12.5. The molecule has 32 heavy (non-hydrogen) atoms. The molecule has 0 saturated heterocycles. The molecule has 0 aliphatic heterocycles. The highest BCUT2D eigenvalue weighted by atomic mass is 32.2. The summed E-state index contributed by atoms with van der Waals surface area (Å²) in [5, 5.41) is 4.19. The predicted molar refractivity (Wildman–Crippen MR) is 138 cm³/mol. The zero-order valence-corrected chi connectivity index (χ0v) is 20.7. The first-order valence-corrected chi connectivity index (χ1v) is 12.5. The highest BCUT2D eigenvalue weighted by Crippen LogP contribution is 2.28. The highest BCUT2D eigenvalue weighted by Gasteiger charge is 2.08. The van der Waals surface area contributed by atoms with E-state index in [4.69, 9.17) is 14.3 Å². The van der Waals surface area contributed by atoms with Crippen molar-refractivity contribution in [3.63, 3.8) is 0 Å². The molecule has 5 heteroatoms. The number of unbranched alkanes of at least 4 members (excludes halogenated alkanes) is 3. The van der Waals surface area contributed by atoms with Gasteiger partial charge in [-0.3, -0.25) is 0 Å². The minimum absolute atomic E-state index is 0.598. The van der Waals surface area contributed by atoms with Gasteiger partial charge in [-0.25, -0.2) is 0 Å². The fourth-order valence-electron chi connectivity index (χ4n) is 3.37. The van der Waals surface area contributed by atoms with Crippen molar-refractivity contribution in [3.05, 3.63) is 71.3 Å². The Balaban J connectivity index is 1.61. The number of allylic oxidation sites excluding steroid dienone is 1. The molecule has 0 saturated carbocycles. The first-order valence-electron chi connectivity index (χ1n) is 11.4. The van der Waals surface area contributed by atoms with Crippen LogP contribution in [0.15, 0.2) is 59.8 Å². The largest absolute Gasteiger partial charge is 0.493 e. The quantitative estimate of drug-likeness (QED) is 0.126. The summed E-state index contributed by atoms with van der Waals surface area (Å²) in [5.74, 6) is 3.89. The van der Waals surface area contributed by atoms with Crippen molar-refractivity contribution in [1.82, 2.24) is 0 Å². The van der Waals surface area contributed by atoms with E-state index in [1.54, 1.807) is 7.11 Å². The van der Waals surface area contributed by atoms with E-state index in [-0.39, 0.29) is 0 Å². The van der Waals surface area contributed by atoms with Crippen molar-refractivity contribution < 1.29 is 14.3 Å². The summed E-state index contributed by atoms with van der Waals surface area (Å²) in [5.41, 5.74) is 4.38. The van der Waals surface area contributed by atoms with E-state index in [1.807, 2.05) is 49.0 Å². The molecule has 0 unspecified atom stereocenters. The Morgan fingerprint density at radius 1 is 0.969 bits per heavy atom. The summed E-state index contributed by atoms with van der Waals surface area (Å²) < 4.78 is 11.8. The topological polar surface area (TPSA) is 40.0 Å². The molecule has 2 rings (SSSR count). The number of hydrogen-bond acceptors (Lipinski definition) is 5. The van der Waals surface area contributed by atoms with Crippen LogP contribution in [0.25, 0.3) is 0 Å². The third-order valence-electron chi connectivity index (χ3n) is 4.99. The van der Waals surface area contributed by atoms with Crippen molar-refractivity contribution in [1.29, 1.82) is 0 Å². The zero-order valence-electron chi connectivity index (χ0n) is 19.9. The fourth-order valence-corrected chi connectivity index (χ4v) is 4.33. The second kappa shape index (κ2) is 15.4. The standard InChI is InChI=1S/C27H37NO3S/c1-5-6-16-30-25-19-22(2)27(23(3)20-25)31-17-12-7-8-13-18-32-21-26(28-29-4)24-14-10-9-11-15-24/h5-6,9-11,14-15,19-20H,7-8,12-13,16-18,21H2,1-4H3/b6-5+,28-26-. The third-order valence-corrected chi connectivity index (χ3v) is 6.05. The molecule has 2 aromatic rings. The van der Waals surface area contributed by atoms with Crippen LogP contribution in [-0.4, -0.2) is 37.5 Å². The first kappa shape index (κ1) is 25.9. The molecule has 0 atom stereocenters. The molecule has 2 aromatic carbocycles. The Morgan fingerprint density at radius 3 is 2.38 bits per heavy atom. The summed E-state index contributed by atoms with van der Waals surface area (Å²) in [7, 11) is 1.60. The van der Waals surface area contributed by atoms with Crippen molar-refractivity contribution >= 4 is 17.5 Å². The average Bonchev–Trinajstić information content (AvgIpc) is 2.79. The van der Waals surface area contributed by atoms with Crippen molar-refractivity contribution in [3.8, 4) is 11.5 Å². The molecule has 4 nitrogen and oxygen atoms in total. The number of ether oxygens (including phenoxy) is 2. The van der Waals surface area contributed by atoms with Crippen LogP contribution >= 0.6 is 11.8 Å². The van der Waals surface area contributed by atoms with E-state index in [0.717, 1.165) is 58.4 Å². The molecule has 0 aromatic heterocycles. The Morgan fingerprint density at radius 2 is 1.69 bits per heavy atom. The Hall–Kier alpha value is -2.40. The maximum atomic E-state index is 6.08. The smallest absolute Gasteiger partial charge is 0.125 e. The molecule has 0 radical (unpaired) electrons. The molecule has 0 bridgehead atoms. The molecule has 0 amide bonds. The SMILES string of the molecule is C/C=C/COc1cc(C)c(OCCCCCCSC/C(=N/OC)c2ccccc2)c(C)c1. The second-order valence-corrected chi connectivity index (χ2v) is 8.77. The van der Waals surface area contributed by atoms with Crippen LogP contribution in [0.5, 0.6) is 11.5 Å².